The van der Waals surface area contributed by atoms with Crippen LogP contribution in [0, 0.1) is 0 Å². The number of nitrogen functional groups attached to an aromatic ring is 1. The van der Waals surface area contributed by atoms with Gasteiger partial charge in [-0.3, -0.25) is 4.79 Å². The zero-order valence-electron chi connectivity index (χ0n) is 17.5. The number of carbonyl (C=O) groups excluding carboxylic acids is 1. The van der Waals surface area contributed by atoms with Crippen LogP contribution in [0.1, 0.15) is 5.69 Å². The minimum atomic E-state index is -0.211. The van der Waals surface area contributed by atoms with E-state index in [4.69, 9.17) is 15.6 Å². The lowest BCUT2D eigenvalue weighted by Crippen LogP contribution is -2.31. The largest absolute Gasteiger partial charge is 0.504 e. The summed E-state index contributed by atoms with van der Waals surface area (Å²) in [7, 11) is 1.47. The number of rotatable bonds is 7. The fraction of sp³-hybridized carbons (Fsp3) is 0.130. The van der Waals surface area contributed by atoms with Gasteiger partial charge < -0.3 is 20.5 Å². The minimum absolute atomic E-state index is 0.0126. The SMILES string of the molecule is C=CC(=O)N(CCc1nn(-c2ccc(O)c(OC)c2)c2c(N)ncnc12)c1ccccc1. The number of anilines is 2. The molecule has 0 radical (unpaired) electrons. The predicted octanol–water partition coefficient (Wildman–Crippen LogP) is 2.87. The Labute approximate surface area is 184 Å². The van der Waals surface area contributed by atoms with Crippen LogP contribution in [0.5, 0.6) is 11.5 Å². The molecule has 9 heteroatoms. The molecule has 4 rings (SSSR count). The molecule has 3 N–H and O–H groups in total. The smallest absolute Gasteiger partial charge is 0.250 e. The number of nitrogens with zero attached hydrogens (tertiary/aromatic N) is 5. The van der Waals surface area contributed by atoms with Gasteiger partial charge in [0.1, 0.15) is 17.4 Å². The van der Waals surface area contributed by atoms with Crippen LogP contribution in [0.2, 0.25) is 0 Å². The molecule has 1 amide bonds. The van der Waals surface area contributed by atoms with Crippen LogP contribution >= 0.6 is 0 Å². The van der Waals surface area contributed by atoms with E-state index in [-0.39, 0.29) is 17.5 Å². The van der Waals surface area contributed by atoms with Crippen LogP contribution < -0.4 is 15.4 Å². The number of phenols is 1. The molecule has 0 saturated carbocycles. The standard InChI is InChI=1S/C23H22N6O3/c1-3-20(31)28(15-7-5-4-6-8-15)12-11-17-21-22(23(24)26-14-25-21)29(27-17)16-9-10-18(30)19(13-16)32-2/h3-10,13-14,30H,1,11-12H2,2H3,(H2,24,25,26). The Bertz CT molecular complexity index is 1290. The third kappa shape index (κ3) is 3.83. The molecule has 0 atom stereocenters. The van der Waals surface area contributed by atoms with Gasteiger partial charge in [-0.05, 0) is 30.3 Å². The highest BCUT2D eigenvalue weighted by molar-refractivity contribution is 6.01. The predicted molar refractivity (Wildman–Crippen MR) is 122 cm³/mol. The number of aromatic hydroxyl groups is 1. The van der Waals surface area contributed by atoms with E-state index in [9.17, 15) is 9.90 Å². The van der Waals surface area contributed by atoms with Gasteiger partial charge in [-0.25, -0.2) is 14.6 Å². The summed E-state index contributed by atoms with van der Waals surface area (Å²) < 4.78 is 6.83. The summed E-state index contributed by atoms with van der Waals surface area (Å²) in [4.78, 5) is 22.6. The zero-order valence-corrected chi connectivity index (χ0v) is 17.5. The Kier molecular flexibility index (Phi) is 5.71. The fourth-order valence-corrected chi connectivity index (χ4v) is 3.49. The number of phenolic OH excluding ortho intramolecular Hbond substituents is 1. The second-order valence-corrected chi connectivity index (χ2v) is 6.95. The van der Waals surface area contributed by atoms with Gasteiger partial charge in [0.2, 0.25) is 5.91 Å². The lowest BCUT2D eigenvalue weighted by Gasteiger charge is -2.20. The number of carbonyl (C=O) groups is 1. The average Bonchev–Trinajstić information content (AvgIpc) is 3.20. The summed E-state index contributed by atoms with van der Waals surface area (Å²) in [6.45, 7) is 3.98. The molecule has 0 aliphatic carbocycles. The summed E-state index contributed by atoms with van der Waals surface area (Å²) in [6, 6.07) is 14.2. The maximum Gasteiger partial charge on any atom is 0.250 e. The summed E-state index contributed by atoms with van der Waals surface area (Å²) in [5, 5.41) is 14.6. The normalized spacial score (nSPS) is 10.8. The molecule has 4 aromatic rings. The van der Waals surface area contributed by atoms with Gasteiger partial charge in [0, 0.05) is 24.7 Å². The van der Waals surface area contributed by atoms with Gasteiger partial charge in [-0.1, -0.05) is 24.8 Å². The number of nitrogens with two attached hydrogens (primary N) is 1. The van der Waals surface area contributed by atoms with E-state index >= 15 is 0 Å². The van der Waals surface area contributed by atoms with E-state index in [2.05, 4.69) is 16.5 Å². The van der Waals surface area contributed by atoms with E-state index in [1.807, 2.05) is 30.3 Å². The average molecular weight is 430 g/mol. The van der Waals surface area contributed by atoms with Crippen LogP contribution in [-0.4, -0.2) is 44.4 Å². The summed E-state index contributed by atoms with van der Waals surface area (Å²) in [5.74, 6) is 0.369. The number of hydrogen-bond donors (Lipinski definition) is 2. The number of benzene rings is 2. The van der Waals surface area contributed by atoms with E-state index in [1.54, 1.807) is 21.7 Å². The summed E-state index contributed by atoms with van der Waals surface area (Å²) in [6.07, 6.45) is 3.09. The molecule has 0 unspecified atom stereocenters. The van der Waals surface area contributed by atoms with Gasteiger partial charge >= 0.3 is 0 Å². The Hall–Kier alpha value is -4.40. The molecule has 2 aromatic heterocycles. The summed E-state index contributed by atoms with van der Waals surface area (Å²) >= 11 is 0. The Morgan fingerprint density at radius 3 is 2.75 bits per heavy atom. The van der Waals surface area contributed by atoms with Crippen molar-refractivity contribution in [3.63, 3.8) is 0 Å². The molecule has 0 bridgehead atoms. The minimum Gasteiger partial charge on any atom is -0.504 e. The molecule has 2 heterocycles. The Morgan fingerprint density at radius 1 is 1.25 bits per heavy atom. The first kappa shape index (κ1) is 20.9. The maximum absolute atomic E-state index is 12.5. The third-order valence-electron chi connectivity index (χ3n) is 5.05. The molecule has 0 saturated heterocycles. The van der Waals surface area contributed by atoms with Crippen LogP contribution in [-0.2, 0) is 11.2 Å². The highest BCUT2D eigenvalue weighted by atomic mass is 16.5. The van der Waals surface area contributed by atoms with E-state index in [0.717, 1.165) is 5.69 Å². The first-order chi connectivity index (χ1) is 15.5. The number of aromatic nitrogens is 4. The van der Waals surface area contributed by atoms with Crippen molar-refractivity contribution in [3.05, 3.63) is 73.2 Å². The van der Waals surface area contributed by atoms with Crippen molar-refractivity contribution in [2.24, 2.45) is 0 Å². The number of amides is 1. The lowest BCUT2D eigenvalue weighted by atomic mass is 10.2. The fourth-order valence-electron chi connectivity index (χ4n) is 3.49. The molecule has 9 nitrogen and oxygen atoms in total. The van der Waals surface area contributed by atoms with Crippen LogP contribution in [0.25, 0.3) is 16.7 Å². The topological polar surface area (TPSA) is 119 Å². The van der Waals surface area contributed by atoms with Crippen molar-refractivity contribution in [1.29, 1.82) is 0 Å². The molecule has 0 fully saturated rings. The molecule has 162 valence electrons. The second kappa shape index (κ2) is 8.76. The molecule has 0 aliphatic heterocycles. The van der Waals surface area contributed by atoms with Crippen molar-refractivity contribution in [2.45, 2.75) is 6.42 Å². The summed E-state index contributed by atoms with van der Waals surface area (Å²) in [5.41, 5.74) is 9.32. The quantitative estimate of drug-likeness (QED) is 0.433. The first-order valence-electron chi connectivity index (χ1n) is 9.88. The number of hydrogen-bond acceptors (Lipinski definition) is 7. The van der Waals surface area contributed by atoms with Crippen LogP contribution in [0.15, 0.2) is 67.5 Å². The highest BCUT2D eigenvalue weighted by Crippen LogP contribution is 2.31. The molecule has 2 aromatic carbocycles. The Balaban J connectivity index is 1.75. The van der Waals surface area contributed by atoms with Crippen molar-refractivity contribution in [3.8, 4) is 17.2 Å². The van der Waals surface area contributed by atoms with Gasteiger partial charge in [0.15, 0.2) is 17.3 Å². The van der Waals surface area contributed by atoms with Crippen LogP contribution in [0.4, 0.5) is 11.5 Å². The third-order valence-corrected chi connectivity index (χ3v) is 5.05. The molecule has 0 spiro atoms. The molecular formula is C23H22N6O3. The maximum atomic E-state index is 12.5. The van der Waals surface area contributed by atoms with Crippen molar-refractivity contribution >= 4 is 28.4 Å². The van der Waals surface area contributed by atoms with Crippen LogP contribution in [0.3, 0.4) is 0 Å². The zero-order chi connectivity index (χ0) is 22.7. The van der Waals surface area contributed by atoms with Crippen molar-refractivity contribution in [2.75, 3.05) is 24.3 Å². The van der Waals surface area contributed by atoms with E-state index in [0.29, 0.717) is 41.1 Å². The van der Waals surface area contributed by atoms with Gasteiger partial charge in [-0.2, -0.15) is 5.10 Å². The number of para-hydroxylation sites is 1. The molecule has 32 heavy (non-hydrogen) atoms. The first-order valence-corrected chi connectivity index (χ1v) is 9.88. The monoisotopic (exact) mass is 430 g/mol. The lowest BCUT2D eigenvalue weighted by molar-refractivity contribution is -0.114. The second-order valence-electron chi connectivity index (χ2n) is 6.95. The van der Waals surface area contributed by atoms with Crippen molar-refractivity contribution < 1.29 is 14.6 Å². The van der Waals surface area contributed by atoms with Gasteiger partial charge in [0.05, 0.1) is 18.5 Å². The number of fused-ring (bicyclic) bond motifs is 1. The van der Waals surface area contributed by atoms with E-state index < -0.39 is 0 Å². The Morgan fingerprint density at radius 2 is 2.03 bits per heavy atom. The molecular weight excluding hydrogens is 408 g/mol. The number of ether oxygens (including phenoxy) is 1. The van der Waals surface area contributed by atoms with Gasteiger partial charge in [0.25, 0.3) is 0 Å². The highest BCUT2D eigenvalue weighted by Gasteiger charge is 2.20. The molecule has 0 aliphatic rings. The van der Waals surface area contributed by atoms with E-state index in [1.165, 1.54) is 25.6 Å². The van der Waals surface area contributed by atoms with Gasteiger partial charge in [-0.15, -0.1) is 0 Å². The number of methoxy groups -OCH3 is 1. The van der Waals surface area contributed by atoms with Crippen molar-refractivity contribution in [1.82, 2.24) is 19.7 Å².